The van der Waals surface area contributed by atoms with Crippen LogP contribution in [0.15, 0.2) is 20.0 Å². The lowest BCUT2D eigenvalue weighted by Crippen LogP contribution is -2.46. The van der Waals surface area contributed by atoms with E-state index in [0.717, 1.165) is 245 Å². The van der Waals surface area contributed by atoms with Gasteiger partial charge in [0.1, 0.15) is 0 Å². The molecule has 32 N–H and O–H groups in total. The summed E-state index contributed by atoms with van der Waals surface area (Å²) in [5.41, 5.74) is 67.0. The van der Waals surface area contributed by atoms with Gasteiger partial charge in [0.25, 0.3) is 23.6 Å². The molecular weight excluding hydrogens is 2040 g/mol. The highest BCUT2D eigenvalue weighted by Gasteiger charge is 2.23. The molecule has 812 valence electrons. The van der Waals surface area contributed by atoms with Crippen molar-refractivity contribution in [2.75, 3.05) is 179 Å². The highest BCUT2D eigenvalue weighted by molar-refractivity contribution is 6.33. The monoisotopic (exact) mass is 2200 g/mol. The van der Waals surface area contributed by atoms with E-state index in [-0.39, 0.29) is 200 Å². The van der Waals surface area contributed by atoms with Crippen molar-refractivity contribution in [3.05, 3.63) is 43.4 Å². The van der Waals surface area contributed by atoms with Gasteiger partial charge in [0.15, 0.2) is 114 Å². The van der Waals surface area contributed by atoms with Gasteiger partial charge in [-0.05, 0) is 105 Å². The summed E-state index contributed by atoms with van der Waals surface area (Å²) in [5.74, 6) is -2.40. The molecule has 4 aromatic rings. The second kappa shape index (κ2) is 85.3. The zero-order valence-electron chi connectivity index (χ0n) is 82.9. The van der Waals surface area contributed by atoms with Crippen LogP contribution in [0.5, 0.6) is 0 Å². The number of carbonyl (C=O) groups is 8. The quantitative estimate of drug-likeness (QED) is 0.0111. The number of guanidine groups is 4. The number of hydrogen-bond donors (Lipinski definition) is 20. The van der Waals surface area contributed by atoms with Gasteiger partial charge in [0.05, 0.1) is 0 Å². The first-order valence-corrected chi connectivity index (χ1v) is 49.3. The van der Waals surface area contributed by atoms with E-state index >= 15 is 0 Å². The average Bonchev–Trinajstić information content (AvgIpc) is 0.848. The molecule has 0 atom stereocenters. The summed E-state index contributed by atoms with van der Waals surface area (Å²) in [6.07, 6.45) is 41.5. The van der Waals surface area contributed by atoms with Gasteiger partial charge in [0.2, 0.25) is 23.6 Å². The number of nitrogens with two attached hydrogens (primary N) is 12. The van der Waals surface area contributed by atoms with Crippen LogP contribution in [0, 0.1) is 0 Å². The molecule has 54 heteroatoms. The number of unbranched alkanes of at least 4 members (excludes halogenated alkanes) is 30. The van der Waals surface area contributed by atoms with E-state index in [1.807, 2.05) is 38.0 Å². The number of nitrogens with one attached hydrogen (secondary N) is 8. The molecule has 2 aliphatic rings. The van der Waals surface area contributed by atoms with Crippen molar-refractivity contribution in [2.45, 2.75) is 257 Å². The Kier molecular flexibility index (Phi) is 83.8. The van der Waals surface area contributed by atoms with Gasteiger partial charge in [-0.25, -0.2) is 39.9 Å². The summed E-state index contributed by atoms with van der Waals surface area (Å²) < 4.78 is 0. The number of halogens is 10. The number of hydrogen-bond acceptors (Lipinski definition) is 32. The first kappa shape index (κ1) is 139. The van der Waals surface area contributed by atoms with Crippen LogP contribution in [0.2, 0.25) is 20.6 Å². The molecule has 8 amide bonds. The van der Waals surface area contributed by atoms with Crippen LogP contribution in [-0.4, -0.2) is 263 Å². The standard InChI is InChI=1S/C23H42ClN9O2.C22H38ClN9O2.C22H40ClN9O2.C21H36ClN9O2.6ClH/c1-33(2)16-12-15-28-17(34)13-10-8-6-4-3-5-7-9-11-14-29-23(27)32-22(35)18-20(25)31-21(26)19(24)30-18;23-18-20(25)30-19(24)17(29-18)21(34)31-22(26)28-11-9-7-5-3-1-2-4-6-8-10-16(33)32-14-12-27-13-15-32;1-32(2)15-11-14-27-16(33)12-9-7-5-3-4-6-8-10-13-28-22(26)31-21(34)17-19(24)30-20(25)18(23)29-17;22-17-19(24)29-18(23)16(28-17)20(33)30-21(25)27-10-8-6-4-2-1-3-5-7-9-15(32)31-13-11-26-12-14-31;;;;;;/h3-16H2,1-2H3,(H,28,34)(H4,25,26,31)(H3,27,29,32,35);27H,1-15H2,(H4,24,25,30)(H3,26,28,31,34);3-15H2,1-2H3,(H,27,33)(H4,24,25,30)(H3,26,28,31,34);26H,1-14H2,(H4,23,24,29)(H3,25,27,30,33);6*1H. The van der Waals surface area contributed by atoms with E-state index in [0.29, 0.717) is 63.7 Å². The Bertz CT molecular complexity index is 4360. The predicted molar refractivity (Wildman–Crippen MR) is 589 cm³/mol. The van der Waals surface area contributed by atoms with Gasteiger partial charge in [-0.2, -0.15) is 0 Å². The summed E-state index contributed by atoms with van der Waals surface area (Å²) in [6.45, 7) is 12.5. The van der Waals surface area contributed by atoms with Gasteiger partial charge >= 0.3 is 0 Å². The third-order valence-electron chi connectivity index (χ3n) is 21.4. The molecule has 2 fully saturated rings. The van der Waals surface area contributed by atoms with Crippen molar-refractivity contribution in [2.24, 2.45) is 42.9 Å². The average molecular weight is 2210 g/mol. The molecule has 44 nitrogen and oxygen atoms in total. The van der Waals surface area contributed by atoms with Gasteiger partial charge in [-0.1, -0.05) is 213 Å². The molecule has 0 aromatic carbocycles. The Morgan fingerprint density at radius 3 is 0.683 bits per heavy atom. The van der Waals surface area contributed by atoms with Crippen LogP contribution in [0.1, 0.15) is 299 Å². The van der Waals surface area contributed by atoms with Crippen LogP contribution >= 0.6 is 121 Å². The zero-order chi connectivity index (χ0) is 100. The van der Waals surface area contributed by atoms with E-state index in [9.17, 15) is 38.4 Å². The highest BCUT2D eigenvalue weighted by Crippen LogP contribution is 2.23. The summed E-state index contributed by atoms with van der Waals surface area (Å²) in [4.78, 5) is 151. The Labute approximate surface area is 894 Å². The summed E-state index contributed by atoms with van der Waals surface area (Å²) in [6, 6.07) is 0. The van der Waals surface area contributed by atoms with E-state index in [2.05, 4.69) is 112 Å². The Hall–Kier alpha value is -8.90. The largest absolute Gasteiger partial charge is 0.382 e. The lowest BCUT2D eigenvalue weighted by Gasteiger charge is -2.27. The van der Waals surface area contributed by atoms with Crippen LogP contribution in [0.25, 0.3) is 0 Å². The second-order valence-corrected chi connectivity index (χ2v) is 35.1. The molecule has 6 heterocycles. The number of amides is 8. The number of nitrogen functional groups attached to an aromatic ring is 8. The minimum absolute atomic E-state index is 0. The number of aromatic nitrogens is 8. The molecule has 2 aliphatic heterocycles. The minimum Gasteiger partial charge on any atom is -0.382 e. The molecule has 142 heavy (non-hydrogen) atoms. The van der Waals surface area contributed by atoms with E-state index in [4.69, 9.17) is 115 Å². The molecule has 0 radical (unpaired) electrons. The van der Waals surface area contributed by atoms with Crippen molar-refractivity contribution < 1.29 is 38.4 Å². The van der Waals surface area contributed by atoms with Crippen molar-refractivity contribution in [3.8, 4) is 0 Å². The number of anilines is 8. The van der Waals surface area contributed by atoms with Gasteiger partial charge in [0, 0.05) is 117 Å². The smallest absolute Gasteiger partial charge is 0.280 e. The first-order chi connectivity index (χ1) is 65.2. The lowest BCUT2D eigenvalue weighted by molar-refractivity contribution is -0.132. The van der Waals surface area contributed by atoms with Gasteiger partial charge in [-0.3, -0.25) is 79.6 Å². The maximum absolute atomic E-state index is 12.2. The lowest BCUT2D eigenvalue weighted by atomic mass is 10.1. The Balaban J connectivity index is -0.000000882. The van der Waals surface area contributed by atoms with Crippen molar-refractivity contribution in [1.82, 2.24) is 102 Å². The van der Waals surface area contributed by atoms with Gasteiger partial charge in [-0.15, -0.1) is 74.4 Å². The van der Waals surface area contributed by atoms with Crippen molar-refractivity contribution in [3.63, 3.8) is 0 Å². The molecular formula is C88H162Cl10N36O8. The van der Waals surface area contributed by atoms with Crippen LogP contribution in [0.4, 0.5) is 46.5 Å². The minimum atomic E-state index is -0.644. The fourth-order valence-electron chi connectivity index (χ4n) is 13.8. The van der Waals surface area contributed by atoms with Gasteiger partial charge < -0.3 is 110 Å². The maximum atomic E-state index is 12.2. The van der Waals surface area contributed by atoms with E-state index in [1.54, 1.807) is 0 Å². The fraction of sp³-hybridized carbons (Fsp3) is 0.682. The van der Waals surface area contributed by atoms with Crippen molar-refractivity contribution in [1.29, 1.82) is 0 Å². The fourth-order valence-corrected chi connectivity index (χ4v) is 14.3. The number of carbonyl (C=O) groups excluding carboxylic acids is 8. The van der Waals surface area contributed by atoms with E-state index in [1.165, 1.54) is 64.2 Å². The zero-order valence-corrected chi connectivity index (χ0v) is 90.8. The predicted octanol–water partition coefficient (Wildman–Crippen LogP) is 9.71. The summed E-state index contributed by atoms with van der Waals surface area (Å²) in [5, 5.41) is 21.8. The van der Waals surface area contributed by atoms with Crippen LogP contribution < -0.4 is 111 Å². The topological polar surface area (TPSA) is 711 Å². The summed E-state index contributed by atoms with van der Waals surface area (Å²) >= 11 is 23.1. The summed E-state index contributed by atoms with van der Waals surface area (Å²) in [7, 11) is 8.13. The molecule has 2 saturated heterocycles. The molecule has 0 unspecified atom stereocenters. The Morgan fingerprint density at radius 2 is 0.479 bits per heavy atom. The molecule has 0 bridgehead atoms. The third kappa shape index (κ3) is 66.2. The normalized spacial score (nSPS) is 12.4. The maximum Gasteiger partial charge on any atom is 0.280 e. The second-order valence-electron chi connectivity index (χ2n) is 33.7. The third-order valence-corrected chi connectivity index (χ3v) is 22.6. The van der Waals surface area contributed by atoms with E-state index < -0.39 is 23.6 Å². The number of piperazine rings is 2. The van der Waals surface area contributed by atoms with Crippen LogP contribution in [0.3, 0.4) is 0 Å². The molecule has 4 aromatic heterocycles. The van der Waals surface area contributed by atoms with Crippen molar-refractivity contribution >= 4 is 238 Å². The Morgan fingerprint density at radius 1 is 0.289 bits per heavy atom. The number of aliphatic imine (C=N–C) groups is 4. The van der Waals surface area contributed by atoms with Crippen LogP contribution in [-0.2, 0) is 19.2 Å². The number of nitrogens with zero attached hydrogens (tertiary/aromatic N) is 16. The molecule has 0 aliphatic carbocycles. The molecule has 0 spiro atoms. The first-order valence-electron chi connectivity index (χ1n) is 47.8. The molecule has 6 rings (SSSR count). The highest BCUT2D eigenvalue weighted by atomic mass is 35.5. The number of rotatable bonds is 58. The molecule has 0 saturated carbocycles. The SMILES string of the molecule is CN(C)CCCNC(=O)CCCCCCCCCCCN=C(N)NC(=O)c1nc(Cl)c(N)nc1N.CN(C)CCCNC(=O)CCCCCCCCCCN=C(N)NC(=O)c1nc(Cl)c(N)nc1N.Cl.Cl.Cl.Cl.Cl.Cl.NC(=NCCCCCCCCCCC(=O)N1CCNCC1)NC(=O)c1nc(Cl)c(N)nc1N.NC(=NCCCCCCCCCCCC(=O)N1CCNCC1)NC(=O)c1nc(Cl)c(N)nc1N.